The molecule has 0 radical (unpaired) electrons. The van der Waals surface area contributed by atoms with Gasteiger partial charge in [0, 0.05) is 0 Å². The summed E-state index contributed by atoms with van der Waals surface area (Å²) in [4.78, 5) is 0. The molecule has 0 saturated carbocycles. The maximum absolute atomic E-state index is 11.7. The lowest BCUT2D eigenvalue weighted by Gasteiger charge is -2.17. The van der Waals surface area contributed by atoms with Gasteiger partial charge in [-0.15, -0.1) is 0 Å². The number of aliphatic hydroxyl groups is 1. The van der Waals surface area contributed by atoms with Crippen LogP contribution in [0.2, 0.25) is 0 Å². The molecule has 0 aliphatic rings. The standard InChI is InChI=1S/C2H2F4O4S/c3-1(4,5)2(6,7)11(8,9)10/h7H,(H,8,9,10). The average molecular weight is 198 g/mol. The van der Waals surface area contributed by atoms with Gasteiger partial charge in [0.25, 0.3) is 0 Å². The van der Waals surface area contributed by atoms with Crippen molar-refractivity contribution in [3.8, 4) is 0 Å². The van der Waals surface area contributed by atoms with Gasteiger partial charge < -0.3 is 5.11 Å². The molecule has 68 valence electrons. The number of rotatable bonds is 1. The van der Waals surface area contributed by atoms with Gasteiger partial charge in [0.2, 0.25) is 0 Å². The zero-order chi connectivity index (χ0) is 9.50. The molecule has 11 heavy (non-hydrogen) atoms. The molecule has 0 aliphatic carbocycles. The Labute approximate surface area is 58.2 Å². The Bertz CT molecular complexity index is 237. The largest absolute Gasteiger partial charge is 0.467 e. The predicted molar refractivity (Wildman–Crippen MR) is 23.7 cm³/mol. The van der Waals surface area contributed by atoms with Gasteiger partial charge in [0.15, 0.2) is 0 Å². The summed E-state index contributed by atoms with van der Waals surface area (Å²) in [6, 6.07) is 0. The van der Waals surface area contributed by atoms with Crippen molar-refractivity contribution < 1.29 is 35.6 Å². The second-order valence-electron chi connectivity index (χ2n) is 1.53. The number of halogens is 4. The van der Waals surface area contributed by atoms with Crippen molar-refractivity contribution in [1.29, 1.82) is 0 Å². The minimum atomic E-state index is -6.20. The molecule has 0 bridgehead atoms. The first kappa shape index (κ1) is 10.6. The van der Waals surface area contributed by atoms with Crippen LogP contribution >= 0.6 is 0 Å². The minimum absolute atomic E-state index is 5.60. The Morgan fingerprint density at radius 3 is 1.36 bits per heavy atom. The van der Waals surface area contributed by atoms with Gasteiger partial charge in [0.1, 0.15) is 0 Å². The fourth-order valence-corrected chi connectivity index (χ4v) is 0.439. The highest BCUT2D eigenvalue weighted by atomic mass is 32.2. The van der Waals surface area contributed by atoms with E-state index in [2.05, 4.69) is 0 Å². The summed E-state index contributed by atoms with van der Waals surface area (Å²) in [5.41, 5.74) is 0. The van der Waals surface area contributed by atoms with Crippen molar-refractivity contribution in [2.45, 2.75) is 11.4 Å². The number of hydrogen-bond acceptors (Lipinski definition) is 3. The molecule has 0 aromatic carbocycles. The Balaban J connectivity index is 5.08. The van der Waals surface area contributed by atoms with E-state index in [1.54, 1.807) is 0 Å². The van der Waals surface area contributed by atoms with Gasteiger partial charge in [-0.05, 0) is 0 Å². The normalized spacial score (nSPS) is 19.5. The van der Waals surface area contributed by atoms with Crippen molar-refractivity contribution in [2.75, 3.05) is 0 Å². The molecule has 9 heteroatoms. The van der Waals surface area contributed by atoms with E-state index in [9.17, 15) is 26.0 Å². The lowest BCUT2D eigenvalue weighted by atomic mass is 10.7. The fourth-order valence-electron chi connectivity index (χ4n) is 0.146. The van der Waals surface area contributed by atoms with Gasteiger partial charge >= 0.3 is 21.5 Å². The summed E-state index contributed by atoms with van der Waals surface area (Å²) in [6.45, 7) is 0. The first-order valence-electron chi connectivity index (χ1n) is 1.95. The molecule has 1 unspecified atom stereocenters. The van der Waals surface area contributed by atoms with Gasteiger partial charge in [-0.25, -0.2) is 0 Å². The van der Waals surface area contributed by atoms with Crippen LogP contribution in [0.25, 0.3) is 0 Å². The Morgan fingerprint density at radius 1 is 1.09 bits per heavy atom. The van der Waals surface area contributed by atoms with E-state index in [1.165, 1.54) is 0 Å². The number of hydrogen-bond donors (Lipinski definition) is 2. The van der Waals surface area contributed by atoms with Crippen LogP contribution in [-0.4, -0.2) is 29.4 Å². The van der Waals surface area contributed by atoms with Crippen molar-refractivity contribution in [1.82, 2.24) is 0 Å². The maximum atomic E-state index is 11.7. The molecule has 0 saturated heterocycles. The highest BCUT2D eigenvalue weighted by Crippen LogP contribution is 2.35. The topological polar surface area (TPSA) is 74.6 Å². The highest BCUT2D eigenvalue weighted by molar-refractivity contribution is 7.86. The summed E-state index contributed by atoms with van der Waals surface area (Å²) in [5.74, 6) is 0. The van der Waals surface area contributed by atoms with Crippen LogP contribution in [0.1, 0.15) is 0 Å². The second kappa shape index (κ2) is 2.29. The summed E-state index contributed by atoms with van der Waals surface area (Å²) in [7, 11) is -6.20. The molecule has 4 nitrogen and oxygen atoms in total. The first-order chi connectivity index (χ1) is 4.50. The monoisotopic (exact) mass is 198 g/mol. The van der Waals surface area contributed by atoms with Crippen molar-refractivity contribution in [2.24, 2.45) is 0 Å². The Hall–Kier alpha value is -0.410. The van der Waals surface area contributed by atoms with Gasteiger partial charge in [-0.1, -0.05) is 0 Å². The Morgan fingerprint density at radius 2 is 1.36 bits per heavy atom. The molecule has 0 amide bonds. The summed E-state index contributed by atoms with van der Waals surface area (Å²) in [5, 5.41) is 1.96. The molecule has 0 heterocycles. The molecule has 0 rings (SSSR count). The maximum Gasteiger partial charge on any atom is 0.467 e. The molecular formula is C2H2F4O4S. The third-order valence-corrected chi connectivity index (χ3v) is 1.61. The lowest BCUT2D eigenvalue weighted by Crippen LogP contribution is -2.47. The quantitative estimate of drug-likeness (QED) is 0.461. The second-order valence-corrected chi connectivity index (χ2v) is 3.03. The van der Waals surface area contributed by atoms with E-state index in [0.29, 0.717) is 0 Å². The zero-order valence-electron chi connectivity index (χ0n) is 4.63. The highest BCUT2D eigenvalue weighted by Gasteiger charge is 2.65. The van der Waals surface area contributed by atoms with E-state index >= 15 is 0 Å². The van der Waals surface area contributed by atoms with E-state index in [0.717, 1.165) is 0 Å². The van der Waals surface area contributed by atoms with Crippen LogP contribution in [0.4, 0.5) is 17.6 Å². The van der Waals surface area contributed by atoms with Crippen LogP contribution < -0.4 is 0 Å². The fraction of sp³-hybridized carbons (Fsp3) is 1.00. The van der Waals surface area contributed by atoms with Crippen molar-refractivity contribution in [3.05, 3.63) is 0 Å². The van der Waals surface area contributed by atoms with E-state index in [4.69, 9.17) is 9.66 Å². The number of alkyl halides is 4. The van der Waals surface area contributed by atoms with E-state index in [-0.39, 0.29) is 0 Å². The lowest BCUT2D eigenvalue weighted by molar-refractivity contribution is -0.273. The van der Waals surface area contributed by atoms with Gasteiger partial charge in [-0.2, -0.15) is 26.0 Å². The molecular weight excluding hydrogens is 196 g/mol. The molecule has 0 aromatic heterocycles. The minimum Gasteiger partial charge on any atom is -0.341 e. The average Bonchev–Trinajstić information content (AvgIpc) is 1.58. The van der Waals surface area contributed by atoms with E-state index < -0.39 is 21.5 Å². The van der Waals surface area contributed by atoms with Crippen LogP contribution in [0, 0.1) is 0 Å². The third kappa shape index (κ3) is 1.79. The Kier molecular flexibility index (Phi) is 2.20. The predicted octanol–water partition coefficient (Wildman–Crippen LogP) is 0.0521. The SMILES string of the molecule is O=S(=O)(O)C(O)(F)C(F)(F)F. The molecule has 1 atom stereocenters. The van der Waals surface area contributed by atoms with Crippen molar-refractivity contribution >= 4 is 10.1 Å². The van der Waals surface area contributed by atoms with E-state index in [1.807, 2.05) is 0 Å². The van der Waals surface area contributed by atoms with Crippen molar-refractivity contribution in [3.63, 3.8) is 0 Å². The summed E-state index contributed by atoms with van der Waals surface area (Å²) >= 11 is 0. The molecule has 0 aromatic rings. The summed E-state index contributed by atoms with van der Waals surface area (Å²) < 4.78 is 71.7. The van der Waals surface area contributed by atoms with Crippen LogP contribution in [0.3, 0.4) is 0 Å². The zero-order valence-corrected chi connectivity index (χ0v) is 5.45. The van der Waals surface area contributed by atoms with Gasteiger partial charge in [-0.3, -0.25) is 4.55 Å². The summed E-state index contributed by atoms with van der Waals surface area (Å²) in [6.07, 6.45) is -6.07. The molecule has 0 aliphatic heterocycles. The first-order valence-corrected chi connectivity index (χ1v) is 3.39. The molecule has 0 fully saturated rings. The van der Waals surface area contributed by atoms with Gasteiger partial charge in [0.05, 0.1) is 0 Å². The van der Waals surface area contributed by atoms with Crippen LogP contribution in [-0.2, 0) is 10.1 Å². The molecule has 0 spiro atoms. The van der Waals surface area contributed by atoms with Crippen LogP contribution in [0.5, 0.6) is 0 Å². The third-order valence-electron chi connectivity index (χ3n) is 0.691. The molecule has 2 N–H and O–H groups in total. The smallest absolute Gasteiger partial charge is 0.341 e. The van der Waals surface area contributed by atoms with Crippen LogP contribution in [0.15, 0.2) is 0 Å².